The molecule has 604 valence electrons. The van der Waals surface area contributed by atoms with Gasteiger partial charge in [0.15, 0.2) is 0 Å². The molecular formula is C119H103N5. The van der Waals surface area contributed by atoms with E-state index in [4.69, 9.17) is 0 Å². The van der Waals surface area contributed by atoms with Crippen molar-refractivity contribution in [2.75, 3.05) is 26.6 Å². The number of allylic oxidation sites excluding steroid dienone is 9. The van der Waals surface area contributed by atoms with E-state index < -0.39 is 5.41 Å². The molecule has 124 heavy (non-hydrogen) atoms. The van der Waals surface area contributed by atoms with Gasteiger partial charge in [-0.1, -0.05) is 388 Å². The Hall–Kier alpha value is -15.0. The minimum Gasteiger partial charge on any atom is -0.356 e. The maximum atomic E-state index is 3.91. The van der Waals surface area contributed by atoms with Gasteiger partial charge >= 0.3 is 0 Å². The summed E-state index contributed by atoms with van der Waals surface area (Å²) in [7, 11) is 0. The maximum absolute atomic E-state index is 3.91. The first-order chi connectivity index (χ1) is 60.8. The molecule has 16 aromatic carbocycles. The van der Waals surface area contributed by atoms with Crippen molar-refractivity contribution in [2.24, 2.45) is 0 Å². The van der Waals surface area contributed by atoms with Crippen molar-refractivity contribution in [1.29, 1.82) is 0 Å². The van der Waals surface area contributed by atoms with Crippen molar-refractivity contribution in [3.8, 4) is 22.3 Å². The highest BCUT2D eigenvalue weighted by Gasteiger charge is 2.50. The van der Waals surface area contributed by atoms with E-state index in [1.54, 1.807) is 0 Å². The third kappa shape index (κ3) is 16.9. The zero-order chi connectivity index (χ0) is 84.9. The van der Waals surface area contributed by atoms with Gasteiger partial charge in [0.25, 0.3) is 0 Å². The molecule has 0 saturated heterocycles. The zero-order valence-electron chi connectivity index (χ0n) is 71.1. The lowest BCUT2D eigenvalue weighted by atomic mass is 9.67. The largest absolute Gasteiger partial charge is 0.356 e. The van der Waals surface area contributed by atoms with E-state index in [0.29, 0.717) is 0 Å². The van der Waals surface area contributed by atoms with Crippen LogP contribution < -0.4 is 26.6 Å². The minimum atomic E-state index is -0.397. The lowest BCUT2D eigenvalue weighted by Crippen LogP contribution is -2.29. The van der Waals surface area contributed by atoms with Crippen LogP contribution in [0.1, 0.15) is 113 Å². The predicted octanol–water partition coefficient (Wildman–Crippen LogP) is 31.5. The number of para-hydroxylation sites is 4. The molecule has 5 N–H and O–H groups in total. The van der Waals surface area contributed by atoms with Gasteiger partial charge in [-0.05, 0) is 239 Å². The smallest absolute Gasteiger partial charge is 0.0720 e. The predicted molar refractivity (Wildman–Crippen MR) is 530 cm³/mol. The molecule has 5 aliphatic carbocycles. The van der Waals surface area contributed by atoms with Crippen molar-refractivity contribution >= 4 is 79.8 Å². The summed E-state index contributed by atoms with van der Waals surface area (Å²) in [6.45, 7) is 19.1. The van der Waals surface area contributed by atoms with Crippen LogP contribution in [0.5, 0.6) is 0 Å². The lowest BCUT2D eigenvalue weighted by Gasteiger charge is -2.35. The van der Waals surface area contributed by atoms with E-state index in [1.165, 1.54) is 128 Å². The number of nitrogens with one attached hydrogen (secondary N) is 5. The Balaban J connectivity index is 0.000000112. The molecule has 0 heterocycles. The summed E-state index contributed by atoms with van der Waals surface area (Å²) in [5.41, 5.74) is 35.9. The molecule has 0 radical (unpaired) electrons. The summed E-state index contributed by atoms with van der Waals surface area (Å²) in [6, 6.07) is 142. The van der Waals surface area contributed by atoms with Crippen LogP contribution in [0.15, 0.2) is 467 Å². The minimum absolute atomic E-state index is 0.0559. The molecule has 5 aliphatic rings. The molecule has 21 rings (SSSR count). The van der Waals surface area contributed by atoms with Crippen LogP contribution in [-0.2, 0) is 28.1 Å². The van der Waals surface area contributed by atoms with Crippen molar-refractivity contribution in [1.82, 2.24) is 0 Å². The second-order valence-electron chi connectivity index (χ2n) is 33.5. The fraction of sp³-hybridized carbons (Fsp3) is 0.0924. The number of rotatable bonds is 16. The highest BCUT2D eigenvalue weighted by atomic mass is 14.9. The quantitative estimate of drug-likeness (QED) is 0.0624. The Labute approximate surface area is 732 Å². The third-order valence-corrected chi connectivity index (χ3v) is 24.3. The fourth-order valence-corrected chi connectivity index (χ4v) is 18.4. The van der Waals surface area contributed by atoms with Gasteiger partial charge in [0.05, 0.1) is 10.8 Å². The SMILES string of the molecule is C1=C(Nc2cccc3ccccc23)c2ccccc2CC1.C=C/C=C\C1=Cc2ccc(Nc3ccccc3)cc2C1(c1ccccc1)c1ccccc1.C=C/C=C\C1=Cc2ccc(Nc3ccccc3)cc2C12c1ccccc1-c1ccccc12.CC(C)(C)c1ccc(Nc2ccccc2)cc1.CC1(C)c2ccccc2-c2ccc(Nc3ccccc3)cc21. The van der Waals surface area contributed by atoms with E-state index in [2.05, 4.69) is 457 Å². The van der Waals surface area contributed by atoms with Crippen molar-refractivity contribution in [2.45, 2.75) is 69.1 Å². The van der Waals surface area contributed by atoms with E-state index in [0.717, 1.165) is 58.3 Å². The van der Waals surface area contributed by atoms with Crippen molar-refractivity contribution in [3.05, 3.63) is 540 Å². The van der Waals surface area contributed by atoms with E-state index in [1.807, 2.05) is 72.8 Å². The van der Waals surface area contributed by atoms with E-state index >= 15 is 0 Å². The summed E-state index contributed by atoms with van der Waals surface area (Å²) in [5.74, 6) is 0. The van der Waals surface area contributed by atoms with Crippen LogP contribution in [0.25, 0.3) is 50.9 Å². The highest BCUT2D eigenvalue weighted by Crippen LogP contribution is 2.61. The zero-order valence-corrected chi connectivity index (χ0v) is 71.1. The first kappa shape index (κ1) is 81.3. The van der Waals surface area contributed by atoms with Crippen molar-refractivity contribution in [3.63, 3.8) is 0 Å². The normalized spacial score (nSPS) is 13.8. The molecule has 0 atom stereocenters. The van der Waals surface area contributed by atoms with Crippen LogP contribution in [0, 0.1) is 0 Å². The van der Waals surface area contributed by atoms with Gasteiger partial charge in [-0.15, -0.1) is 0 Å². The molecule has 1 spiro atoms. The number of benzene rings is 16. The lowest BCUT2D eigenvalue weighted by molar-refractivity contribution is 0.590. The van der Waals surface area contributed by atoms with Crippen LogP contribution >= 0.6 is 0 Å². The molecule has 0 unspecified atom stereocenters. The van der Waals surface area contributed by atoms with Gasteiger partial charge in [-0.3, -0.25) is 0 Å². The van der Waals surface area contributed by atoms with Crippen molar-refractivity contribution < 1.29 is 0 Å². The molecule has 0 saturated carbocycles. The Morgan fingerprint density at radius 1 is 0.306 bits per heavy atom. The first-order valence-electron chi connectivity index (χ1n) is 43.1. The summed E-state index contributed by atoms with van der Waals surface area (Å²) >= 11 is 0. The average Bonchev–Trinajstić information content (AvgIpc) is 1.52. The first-order valence-corrected chi connectivity index (χ1v) is 43.1. The Kier molecular flexibility index (Phi) is 23.9. The number of hydrogen-bond donors (Lipinski definition) is 5. The van der Waals surface area contributed by atoms with E-state index in [9.17, 15) is 0 Å². The van der Waals surface area contributed by atoms with Crippen LogP contribution in [0.2, 0.25) is 0 Å². The third-order valence-electron chi connectivity index (χ3n) is 24.3. The summed E-state index contributed by atoms with van der Waals surface area (Å²) in [6.07, 6.45) is 21.4. The fourth-order valence-electron chi connectivity index (χ4n) is 18.4. The molecule has 0 bridgehead atoms. The summed E-state index contributed by atoms with van der Waals surface area (Å²) in [4.78, 5) is 0. The molecule has 16 aromatic rings. The Morgan fingerprint density at radius 2 is 0.677 bits per heavy atom. The summed E-state index contributed by atoms with van der Waals surface area (Å²) < 4.78 is 0. The molecule has 0 fully saturated rings. The van der Waals surface area contributed by atoms with Crippen LogP contribution in [-0.4, -0.2) is 0 Å². The monoisotopic (exact) mass is 1600 g/mol. The molecular weight excluding hydrogens is 1500 g/mol. The standard InChI is InChI=1S/C31H23N.C31H25N.C21H19N.C20H17N.C16H19N/c1-2-3-11-23-20-22-18-19-25(32-24-12-5-4-6-13-24)21-30(22)31(23)28-16-9-7-14-26(28)27-15-8-10-17-29(27)31;1-2-3-13-27-22-24-20-21-29(32-28-18-11-6-12-19-28)23-30(24)31(27,25-14-7-4-8-15-25)26-16-9-5-10-17-26;1-21(2)19-11-7-6-10-17(19)18-13-12-16(14-20(18)21)22-15-8-4-3-5-9-15;1-3-11-17-15(7-1)9-5-13-19(17)21-20-14-6-10-16-8-2-4-12-18(16)20;1-16(2,3)13-9-11-15(12-10-13)17-14-7-5-4-6-8-14/h2-21,32H,1H2;2-23,32H,1H2;3-14,22H,1-2H3;1-5,7-9,11-14,21H,6,10H2;4-12,17H,1-3H3/b11-3-;13-3-;;;. The maximum Gasteiger partial charge on any atom is 0.0720 e. The van der Waals surface area contributed by atoms with Gasteiger partial charge in [0.2, 0.25) is 0 Å². The number of fused-ring (bicyclic) bond motifs is 13. The Bertz CT molecular complexity index is 6430. The molecule has 0 aliphatic heterocycles. The number of hydrogen-bond acceptors (Lipinski definition) is 5. The second-order valence-corrected chi connectivity index (χ2v) is 33.5. The second kappa shape index (κ2) is 36.5. The molecule has 0 aromatic heterocycles. The number of aryl methyl sites for hydroxylation is 1. The summed E-state index contributed by atoms with van der Waals surface area (Å²) in [5, 5.41) is 20.2. The molecule has 5 nitrogen and oxygen atoms in total. The van der Waals surface area contributed by atoms with Gasteiger partial charge in [-0.2, -0.15) is 0 Å². The van der Waals surface area contributed by atoms with Crippen LogP contribution in [0.3, 0.4) is 0 Å². The van der Waals surface area contributed by atoms with Gasteiger partial charge in [0, 0.05) is 73.2 Å². The van der Waals surface area contributed by atoms with Gasteiger partial charge in [-0.25, -0.2) is 0 Å². The highest BCUT2D eigenvalue weighted by molar-refractivity contribution is 5.98. The average molecular weight is 1600 g/mol. The Morgan fingerprint density at radius 3 is 1.18 bits per heavy atom. The van der Waals surface area contributed by atoms with Gasteiger partial charge in [0.1, 0.15) is 0 Å². The molecule has 0 amide bonds. The van der Waals surface area contributed by atoms with Crippen LogP contribution in [0.4, 0.5) is 51.2 Å². The molecule has 5 heteroatoms. The van der Waals surface area contributed by atoms with Gasteiger partial charge < -0.3 is 26.6 Å². The number of anilines is 9. The van der Waals surface area contributed by atoms with E-state index in [-0.39, 0.29) is 16.2 Å². The topological polar surface area (TPSA) is 60.1 Å².